The van der Waals surface area contributed by atoms with E-state index in [4.69, 9.17) is 0 Å². The molecule has 3 amide bonds. The average Bonchev–Trinajstić information content (AvgIpc) is 2.85. The number of thioether (sulfide) groups is 1. The number of rotatable bonds is 4. The van der Waals surface area contributed by atoms with Gasteiger partial charge < -0.3 is 4.90 Å². The third-order valence-corrected chi connectivity index (χ3v) is 6.84. The molecule has 1 aromatic carbocycles. The Balaban J connectivity index is 1.65. The molecule has 8 nitrogen and oxygen atoms in total. The molecule has 134 valence electrons. The van der Waals surface area contributed by atoms with Crippen LogP contribution in [0.2, 0.25) is 0 Å². The molecule has 0 N–H and O–H groups in total. The second-order valence-corrected chi connectivity index (χ2v) is 9.07. The van der Waals surface area contributed by atoms with Crippen molar-refractivity contribution in [3.05, 3.63) is 29.8 Å². The van der Waals surface area contributed by atoms with Crippen molar-refractivity contribution in [1.29, 1.82) is 0 Å². The fraction of sp³-hybridized carbons (Fsp3) is 0.400. The van der Waals surface area contributed by atoms with Crippen LogP contribution in [0, 0.1) is 0 Å². The van der Waals surface area contributed by atoms with Gasteiger partial charge >= 0.3 is 0 Å². The van der Waals surface area contributed by atoms with Crippen molar-refractivity contribution in [2.45, 2.75) is 10.9 Å². The minimum Gasteiger partial charge on any atom is -0.334 e. The van der Waals surface area contributed by atoms with Gasteiger partial charge in [0.2, 0.25) is 15.9 Å². The summed E-state index contributed by atoms with van der Waals surface area (Å²) in [6.07, 6.45) is 0. The number of hydrogen-bond donors (Lipinski definition) is 0. The maximum absolute atomic E-state index is 12.4. The molecule has 2 aliphatic heterocycles. The van der Waals surface area contributed by atoms with E-state index < -0.39 is 10.0 Å². The van der Waals surface area contributed by atoms with E-state index in [1.54, 1.807) is 0 Å². The number of carbonyl (C=O) groups is 3. The average molecular weight is 383 g/mol. The smallest absolute Gasteiger partial charge is 0.289 e. The molecule has 0 radical (unpaired) electrons. The van der Waals surface area contributed by atoms with E-state index in [0.29, 0.717) is 18.7 Å². The molecule has 2 saturated heterocycles. The van der Waals surface area contributed by atoms with Crippen molar-refractivity contribution in [3.8, 4) is 0 Å². The molecule has 0 saturated carbocycles. The molecule has 0 spiro atoms. The summed E-state index contributed by atoms with van der Waals surface area (Å²) in [5, 5.41) is -0.264. The van der Waals surface area contributed by atoms with Gasteiger partial charge in [-0.3, -0.25) is 19.3 Å². The number of amides is 3. The summed E-state index contributed by atoms with van der Waals surface area (Å²) in [7, 11) is -0.662. The van der Waals surface area contributed by atoms with Crippen LogP contribution in [0.5, 0.6) is 0 Å². The normalized spacial score (nSPS) is 18.8. The number of carbonyl (C=O) groups excluding carboxylic acids is 3. The van der Waals surface area contributed by atoms with E-state index in [1.165, 1.54) is 48.2 Å². The largest absolute Gasteiger partial charge is 0.334 e. The van der Waals surface area contributed by atoms with Gasteiger partial charge in [-0.05, 0) is 24.3 Å². The van der Waals surface area contributed by atoms with Crippen molar-refractivity contribution in [2.75, 3.05) is 32.9 Å². The number of likely N-dealkylation sites (tertiary alicyclic amines) is 1. The van der Waals surface area contributed by atoms with Crippen molar-refractivity contribution in [2.24, 2.45) is 0 Å². The topological polar surface area (TPSA) is 95.1 Å². The molecule has 0 bridgehead atoms. The van der Waals surface area contributed by atoms with Crippen LogP contribution in [0.3, 0.4) is 0 Å². The molecule has 2 heterocycles. The number of imide groups is 1. The van der Waals surface area contributed by atoms with Crippen LogP contribution in [-0.4, -0.2) is 78.6 Å². The summed E-state index contributed by atoms with van der Waals surface area (Å²) in [5.41, 5.74) is 0.365. The van der Waals surface area contributed by atoms with Crippen LogP contribution in [0.4, 0.5) is 4.79 Å². The van der Waals surface area contributed by atoms with Crippen LogP contribution < -0.4 is 0 Å². The molecular weight excluding hydrogens is 366 g/mol. The van der Waals surface area contributed by atoms with Crippen molar-refractivity contribution in [3.63, 3.8) is 0 Å². The quantitative estimate of drug-likeness (QED) is 0.750. The third-order valence-electron chi connectivity index (χ3n) is 4.18. The summed E-state index contributed by atoms with van der Waals surface area (Å²) in [5.74, 6) is -0.312. The van der Waals surface area contributed by atoms with Gasteiger partial charge in [-0.1, -0.05) is 11.8 Å². The third kappa shape index (κ3) is 3.16. The van der Waals surface area contributed by atoms with Crippen LogP contribution in [-0.2, 0) is 14.8 Å². The summed E-state index contributed by atoms with van der Waals surface area (Å²) < 4.78 is 25.2. The molecule has 0 atom stereocenters. The zero-order valence-corrected chi connectivity index (χ0v) is 15.3. The highest BCUT2D eigenvalue weighted by atomic mass is 32.2. The lowest BCUT2D eigenvalue weighted by Gasteiger charge is -2.42. The van der Waals surface area contributed by atoms with Crippen molar-refractivity contribution in [1.82, 2.24) is 14.1 Å². The Bertz CT molecular complexity index is 813. The Morgan fingerprint density at radius 2 is 1.76 bits per heavy atom. The van der Waals surface area contributed by atoms with Gasteiger partial charge in [-0.25, -0.2) is 12.7 Å². The standard InChI is InChI=1S/C15H17N3O5S2/c1-16(2)25(22,23)12-5-3-10(4-6-12)14(20)17-7-11(8-17)18-13(19)9-24-15(18)21/h3-6,11H,7-9H2,1-2H3. The van der Waals surface area contributed by atoms with E-state index in [9.17, 15) is 22.8 Å². The first-order chi connectivity index (χ1) is 11.7. The highest BCUT2D eigenvalue weighted by molar-refractivity contribution is 8.14. The zero-order chi connectivity index (χ0) is 18.4. The predicted octanol–water partition coefficient (Wildman–Crippen LogP) is 0.457. The van der Waals surface area contributed by atoms with E-state index in [-0.39, 0.29) is 33.7 Å². The molecular formula is C15H17N3O5S2. The molecule has 0 unspecified atom stereocenters. The van der Waals surface area contributed by atoms with Gasteiger partial charge in [0.1, 0.15) is 0 Å². The minimum atomic E-state index is -3.54. The van der Waals surface area contributed by atoms with Gasteiger partial charge in [0, 0.05) is 32.7 Å². The van der Waals surface area contributed by atoms with Gasteiger partial charge in [-0.15, -0.1) is 0 Å². The van der Waals surface area contributed by atoms with E-state index in [1.807, 2.05) is 0 Å². The molecule has 0 aliphatic carbocycles. The lowest BCUT2D eigenvalue weighted by Crippen LogP contribution is -2.62. The Morgan fingerprint density at radius 3 is 2.24 bits per heavy atom. The second kappa shape index (κ2) is 6.43. The molecule has 3 rings (SSSR count). The summed E-state index contributed by atoms with van der Waals surface area (Å²) in [6.45, 7) is 0.600. The lowest BCUT2D eigenvalue weighted by atomic mass is 10.1. The zero-order valence-electron chi connectivity index (χ0n) is 13.7. The number of sulfonamides is 1. The maximum Gasteiger partial charge on any atom is 0.289 e. The second-order valence-electron chi connectivity index (χ2n) is 5.99. The van der Waals surface area contributed by atoms with Gasteiger partial charge in [-0.2, -0.15) is 0 Å². The fourth-order valence-electron chi connectivity index (χ4n) is 2.66. The predicted molar refractivity (Wildman–Crippen MR) is 91.7 cm³/mol. The molecule has 2 fully saturated rings. The Kier molecular flexibility index (Phi) is 4.60. The molecule has 1 aromatic rings. The van der Waals surface area contributed by atoms with Crippen LogP contribution in [0.15, 0.2) is 29.2 Å². The van der Waals surface area contributed by atoms with Crippen LogP contribution in [0.25, 0.3) is 0 Å². The van der Waals surface area contributed by atoms with Crippen LogP contribution >= 0.6 is 11.8 Å². The highest BCUT2D eigenvalue weighted by Crippen LogP contribution is 2.27. The van der Waals surface area contributed by atoms with E-state index in [2.05, 4.69) is 0 Å². The number of nitrogens with zero attached hydrogens (tertiary/aromatic N) is 3. The summed E-state index contributed by atoms with van der Waals surface area (Å²) >= 11 is 0.976. The summed E-state index contributed by atoms with van der Waals surface area (Å²) in [4.78, 5) is 38.6. The first-order valence-electron chi connectivity index (χ1n) is 7.52. The molecule has 10 heteroatoms. The molecule has 0 aromatic heterocycles. The van der Waals surface area contributed by atoms with Crippen LogP contribution in [0.1, 0.15) is 10.4 Å². The highest BCUT2D eigenvalue weighted by Gasteiger charge is 2.43. The fourth-order valence-corrected chi connectivity index (χ4v) is 4.34. The van der Waals surface area contributed by atoms with E-state index in [0.717, 1.165) is 16.1 Å². The molecule has 25 heavy (non-hydrogen) atoms. The first-order valence-corrected chi connectivity index (χ1v) is 9.95. The Morgan fingerprint density at radius 1 is 1.16 bits per heavy atom. The van der Waals surface area contributed by atoms with Gasteiger partial charge in [0.25, 0.3) is 11.1 Å². The van der Waals surface area contributed by atoms with E-state index >= 15 is 0 Å². The monoisotopic (exact) mass is 383 g/mol. The SMILES string of the molecule is CN(C)S(=O)(=O)c1ccc(C(=O)N2CC(N3C(=O)CSC3=O)C2)cc1. The Labute approximate surface area is 149 Å². The number of hydrogen-bond acceptors (Lipinski definition) is 6. The van der Waals surface area contributed by atoms with Crippen molar-refractivity contribution >= 4 is 38.8 Å². The molecule has 2 aliphatic rings. The summed E-state index contributed by atoms with van der Waals surface area (Å²) in [6, 6.07) is 5.45. The first kappa shape index (κ1) is 17.9. The van der Waals surface area contributed by atoms with Gasteiger partial charge in [0.15, 0.2) is 0 Å². The lowest BCUT2D eigenvalue weighted by molar-refractivity contribution is -0.128. The number of benzene rings is 1. The van der Waals surface area contributed by atoms with Crippen molar-refractivity contribution < 1.29 is 22.8 Å². The maximum atomic E-state index is 12.4. The Hall–Kier alpha value is -1.91. The minimum absolute atomic E-state index is 0.112. The van der Waals surface area contributed by atoms with Gasteiger partial charge in [0.05, 0.1) is 16.7 Å².